The van der Waals surface area contributed by atoms with Crippen LogP contribution in [0.25, 0.3) is 0 Å². The molecule has 0 aromatic carbocycles. The summed E-state index contributed by atoms with van der Waals surface area (Å²) in [7, 11) is 0. The van der Waals surface area contributed by atoms with E-state index in [-0.39, 0.29) is 17.7 Å². The molecule has 1 atom stereocenters. The third-order valence-corrected chi connectivity index (χ3v) is 4.61. The maximum Gasteiger partial charge on any atom is 0.229 e. The lowest BCUT2D eigenvalue weighted by Gasteiger charge is -2.39. The Morgan fingerprint density at radius 2 is 2.00 bits per heavy atom. The number of hydrogen-bond donors (Lipinski definition) is 0. The molecule has 5 nitrogen and oxygen atoms in total. The van der Waals surface area contributed by atoms with Crippen molar-refractivity contribution >= 4 is 11.8 Å². The second-order valence-corrected chi connectivity index (χ2v) is 6.10. The second kappa shape index (κ2) is 5.47. The quantitative estimate of drug-likeness (QED) is 0.821. The average molecular weight is 287 g/mol. The van der Waals surface area contributed by atoms with E-state index in [1.165, 1.54) is 5.56 Å². The van der Waals surface area contributed by atoms with Crippen molar-refractivity contribution in [3.05, 3.63) is 29.6 Å². The number of carbonyl (C=O) groups excluding carboxylic acids is 2. The van der Waals surface area contributed by atoms with Gasteiger partial charge in [0.1, 0.15) is 0 Å². The van der Waals surface area contributed by atoms with Gasteiger partial charge in [-0.05, 0) is 25.0 Å². The Hall–Kier alpha value is -1.91. The highest BCUT2D eigenvalue weighted by molar-refractivity contribution is 5.84. The summed E-state index contributed by atoms with van der Waals surface area (Å²) in [4.78, 5) is 31.8. The van der Waals surface area contributed by atoms with E-state index in [0.717, 1.165) is 25.2 Å². The van der Waals surface area contributed by atoms with Gasteiger partial charge in [-0.3, -0.25) is 14.6 Å². The van der Waals surface area contributed by atoms with Crippen LogP contribution < -0.4 is 0 Å². The minimum absolute atomic E-state index is 0.00233. The van der Waals surface area contributed by atoms with Gasteiger partial charge < -0.3 is 9.80 Å². The Kier molecular flexibility index (Phi) is 3.66. The van der Waals surface area contributed by atoms with Crippen molar-refractivity contribution in [2.45, 2.75) is 26.2 Å². The molecule has 2 amide bonds. The molecular formula is C16H21N3O2. The topological polar surface area (TPSA) is 53.5 Å². The molecule has 0 saturated carbocycles. The number of nitrogens with zero attached hydrogens (tertiary/aromatic N) is 3. The smallest absolute Gasteiger partial charge is 0.229 e. The molecule has 1 unspecified atom stereocenters. The molecule has 2 fully saturated rings. The Bertz CT molecular complexity index is 566. The molecule has 0 spiro atoms. The molecule has 1 aromatic rings. The van der Waals surface area contributed by atoms with E-state index in [9.17, 15) is 9.59 Å². The van der Waals surface area contributed by atoms with Gasteiger partial charge in [-0.1, -0.05) is 6.07 Å². The Morgan fingerprint density at radius 3 is 2.67 bits per heavy atom. The van der Waals surface area contributed by atoms with Gasteiger partial charge in [0, 0.05) is 50.9 Å². The van der Waals surface area contributed by atoms with Crippen molar-refractivity contribution in [2.75, 3.05) is 26.2 Å². The Balaban J connectivity index is 1.59. The van der Waals surface area contributed by atoms with Crippen LogP contribution in [0, 0.1) is 12.8 Å². The highest BCUT2D eigenvalue weighted by Crippen LogP contribution is 2.30. The molecule has 5 heteroatoms. The standard InChI is InChI=1S/C16H21N3O2/c1-11-4-3-6-17-15(11)13-5-7-18(8-13)16(21)14-9-19(10-14)12(2)20/h3-4,6,13-14H,5,7-10H2,1-2H3. The molecular weight excluding hydrogens is 266 g/mol. The molecule has 0 aliphatic carbocycles. The van der Waals surface area contributed by atoms with E-state index in [0.29, 0.717) is 19.0 Å². The fourth-order valence-electron chi connectivity index (χ4n) is 3.26. The Labute approximate surface area is 124 Å². The van der Waals surface area contributed by atoms with Gasteiger partial charge in [0.05, 0.1) is 5.92 Å². The van der Waals surface area contributed by atoms with Crippen LogP contribution in [0.1, 0.15) is 30.5 Å². The van der Waals surface area contributed by atoms with E-state index in [1.54, 1.807) is 11.8 Å². The first-order chi connectivity index (χ1) is 10.1. The molecule has 3 rings (SSSR count). The molecule has 2 aliphatic rings. The molecule has 1 aromatic heterocycles. The molecule has 0 radical (unpaired) electrons. The largest absolute Gasteiger partial charge is 0.342 e. The van der Waals surface area contributed by atoms with Crippen molar-refractivity contribution in [1.29, 1.82) is 0 Å². The van der Waals surface area contributed by atoms with E-state index < -0.39 is 0 Å². The average Bonchev–Trinajstić information content (AvgIpc) is 2.86. The fraction of sp³-hybridized carbons (Fsp3) is 0.562. The monoisotopic (exact) mass is 287 g/mol. The molecule has 3 heterocycles. The third-order valence-electron chi connectivity index (χ3n) is 4.61. The van der Waals surface area contributed by atoms with Crippen LogP contribution in [0.15, 0.2) is 18.3 Å². The van der Waals surface area contributed by atoms with Crippen LogP contribution >= 0.6 is 0 Å². The first kappa shape index (κ1) is 14.0. The van der Waals surface area contributed by atoms with Gasteiger partial charge >= 0.3 is 0 Å². The van der Waals surface area contributed by atoms with Crippen LogP contribution in [0.2, 0.25) is 0 Å². The summed E-state index contributed by atoms with van der Waals surface area (Å²) in [5, 5.41) is 0. The summed E-state index contributed by atoms with van der Waals surface area (Å²) in [6.07, 6.45) is 2.80. The number of pyridine rings is 1. The fourth-order valence-corrected chi connectivity index (χ4v) is 3.26. The number of amides is 2. The third kappa shape index (κ3) is 2.64. The van der Waals surface area contributed by atoms with Gasteiger partial charge in [-0.25, -0.2) is 0 Å². The summed E-state index contributed by atoms with van der Waals surface area (Å²) >= 11 is 0. The van der Waals surface area contributed by atoms with E-state index in [1.807, 2.05) is 17.2 Å². The van der Waals surface area contributed by atoms with Crippen LogP contribution in [-0.2, 0) is 9.59 Å². The van der Waals surface area contributed by atoms with Crippen molar-refractivity contribution < 1.29 is 9.59 Å². The number of carbonyl (C=O) groups is 2. The first-order valence-electron chi connectivity index (χ1n) is 7.52. The molecule has 2 aliphatic heterocycles. The van der Waals surface area contributed by atoms with Crippen LogP contribution in [0.4, 0.5) is 0 Å². The summed E-state index contributed by atoms with van der Waals surface area (Å²) in [6, 6.07) is 4.02. The minimum Gasteiger partial charge on any atom is -0.342 e. The van der Waals surface area contributed by atoms with Crippen molar-refractivity contribution in [3.63, 3.8) is 0 Å². The van der Waals surface area contributed by atoms with Crippen LogP contribution in [0.5, 0.6) is 0 Å². The zero-order valence-corrected chi connectivity index (χ0v) is 12.6. The zero-order chi connectivity index (χ0) is 15.0. The highest BCUT2D eigenvalue weighted by Gasteiger charge is 2.39. The summed E-state index contributed by atoms with van der Waals surface area (Å²) in [5.41, 5.74) is 2.31. The van der Waals surface area contributed by atoms with Crippen molar-refractivity contribution in [3.8, 4) is 0 Å². The zero-order valence-electron chi connectivity index (χ0n) is 12.6. The summed E-state index contributed by atoms with van der Waals surface area (Å²) in [5.74, 6) is 0.600. The lowest BCUT2D eigenvalue weighted by molar-refractivity contribution is -0.146. The van der Waals surface area contributed by atoms with Gasteiger partial charge in [0.15, 0.2) is 0 Å². The predicted octanol–water partition coefficient (Wildman–Crippen LogP) is 1.18. The summed E-state index contributed by atoms with van der Waals surface area (Å²) < 4.78 is 0. The van der Waals surface area contributed by atoms with Crippen molar-refractivity contribution in [1.82, 2.24) is 14.8 Å². The molecule has 0 bridgehead atoms. The van der Waals surface area contributed by atoms with Gasteiger partial charge in [0.25, 0.3) is 0 Å². The molecule has 2 saturated heterocycles. The highest BCUT2D eigenvalue weighted by atomic mass is 16.2. The van der Waals surface area contributed by atoms with Gasteiger partial charge in [-0.2, -0.15) is 0 Å². The molecule has 112 valence electrons. The normalized spacial score (nSPS) is 22.3. The number of rotatable bonds is 2. The second-order valence-electron chi connectivity index (χ2n) is 6.10. The summed E-state index contributed by atoms with van der Waals surface area (Å²) in [6.45, 7) is 6.35. The van der Waals surface area contributed by atoms with E-state index in [4.69, 9.17) is 0 Å². The minimum atomic E-state index is -0.00233. The lowest BCUT2D eigenvalue weighted by Crippen LogP contribution is -2.55. The number of aromatic nitrogens is 1. The van der Waals surface area contributed by atoms with E-state index >= 15 is 0 Å². The molecule has 0 N–H and O–H groups in total. The van der Waals surface area contributed by atoms with Crippen LogP contribution in [0.3, 0.4) is 0 Å². The van der Waals surface area contributed by atoms with Gasteiger partial charge in [0.2, 0.25) is 11.8 Å². The van der Waals surface area contributed by atoms with E-state index in [2.05, 4.69) is 18.0 Å². The van der Waals surface area contributed by atoms with Gasteiger partial charge in [-0.15, -0.1) is 0 Å². The SMILES string of the molecule is CC(=O)N1CC(C(=O)N2CCC(c3ncccc3C)C2)C1. The number of likely N-dealkylation sites (tertiary alicyclic amines) is 2. The molecule has 21 heavy (non-hydrogen) atoms. The predicted molar refractivity (Wildman–Crippen MR) is 78.7 cm³/mol. The van der Waals surface area contributed by atoms with Crippen molar-refractivity contribution in [2.24, 2.45) is 5.92 Å². The number of hydrogen-bond acceptors (Lipinski definition) is 3. The maximum atomic E-state index is 12.4. The maximum absolute atomic E-state index is 12.4. The van der Waals surface area contributed by atoms with Crippen LogP contribution in [-0.4, -0.2) is 52.8 Å². The Morgan fingerprint density at radius 1 is 1.24 bits per heavy atom. The lowest BCUT2D eigenvalue weighted by atomic mass is 9.98. The first-order valence-corrected chi connectivity index (χ1v) is 7.52. The number of aryl methyl sites for hydroxylation is 1.